The number of amides is 1. The Morgan fingerprint density at radius 1 is 1.12 bits per heavy atom. The van der Waals surface area contributed by atoms with Crippen molar-refractivity contribution < 1.29 is 14.3 Å². The molecule has 3 aromatic rings. The van der Waals surface area contributed by atoms with Gasteiger partial charge in [0.05, 0.1) is 21.8 Å². The predicted molar refractivity (Wildman–Crippen MR) is 99.8 cm³/mol. The molecule has 1 unspecified atom stereocenters. The molecule has 6 heteroatoms. The maximum atomic E-state index is 13.3. The number of likely N-dealkylation sites (tertiary alicyclic amines) is 1. The second-order valence-corrected chi connectivity index (χ2v) is 7.63. The normalized spacial score (nSPS) is 19.1. The molecule has 0 aliphatic carbocycles. The monoisotopic (exact) mass is 366 g/mol. The van der Waals surface area contributed by atoms with E-state index in [1.807, 2.05) is 41.3 Å². The third-order valence-electron chi connectivity index (χ3n) is 4.99. The molecule has 1 aromatic heterocycles. The standard InChI is InChI=1S/C20H18N2O3S/c23-20(13-6-5-9-16-18(13)25-12-24-16)22-11-4-3-8-15(22)19-21-14-7-1-2-10-17(14)26-19/h1-2,5-7,9-10,15H,3-4,8,11-12H2. The summed E-state index contributed by atoms with van der Waals surface area (Å²) >= 11 is 1.68. The molecule has 132 valence electrons. The van der Waals surface area contributed by atoms with E-state index in [0.29, 0.717) is 17.1 Å². The number of piperidine rings is 1. The molecule has 0 spiro atoms. The fourth-order valence-corrected chi connectivity index (χ4v) is 4.83. The van der Waals surface area contributed by atoms with E-state index < -0.39 is 0 Å². The lowest BCUT2D eigenvalue weighted by molar-refractivity contribution is 0.0607. The number of rotatable bonds is 2. The highest BCUT2D eigenvalue weighted by Gasteiger charge is 2.33. The highest BCUT2D eigenvalue weighted by Crippen LogP contribution is 2.40. The molecule has 2 aliphatic rings. The number of nitrogens with zero attached hydrogens (tertiary/aromatic N) is 2. The highest BCUT2D eigenvalue weighted by molar-refractivity contribution is 7.18. The van der Waals surface area contributed by atoms with Gasteiger partial charge in [0.15, 0.2) is 11.5 Å². The summed E-state index contributed by atoms with van der Waals surface area (Å²) in [6.45, 7) is 0.908. The molecular formula is C20H18N2O3S. The van der Waals surface area contributed by atoms with Gasteiger partial charge < -0.3 is 14.4 Å². The van der Waals surface area contributed by atoms with Gasteiger partial charge in [-0.25, -0.2) is 4.98 Å². The largest absolute Gasteiger partial charge is 0.454 e. The van der Waals surface area contributed by atoms with Gasteiger partial charge in [0.2, 0.25) is 6.79 Å². The number of hydrogen-bond acceptors (Lipinski definition) is 5. The number of benzene rings is 2. The van der Waals surface area contributed by atoms with E-state index in [9.17, 15) is 4.79 Å². The van der Waals surface area contributed by atoms with E-state index in [4.69, 9.17) is 14.5 Å². The molecule has 0 bridgehead atoms. The van der Waals surface area contributed by atoms with Crippen LogP contribution in [0.2, 0.25) is 0 Å². The first kappa shape index (κ1) is 15.6. The van der Waals surface area contributed by atoms with Crippen molar-refractivity contribution in [3.63, 3.8) is 0 Å². The minimum Gasteiger partial charge on any atom is -0.454 e. The molecule has 26 heavy (non-hydrogen) atoms. The van der Waals surface area contributed by atoms with Crippen molar-refractivity contribution in [2.45, 2.75) is 25.3 Å². The van der Waals surface area contributed by atoms with Gasteiger partial charge in [0, 0.05) is 6.54 Å². The molecule has 0 saturated carbocycles. The van der Waals surface area contributed by atoms with Crippen LogP contribution in [0.15, 0.2) is 42.5 Å². The number of thiazole rings is 1. The average Bonchev–Trinajstić information content (AvgIpc) is 3.33. The molecule has 1 saturated heterocycles. The van der Waals surface area contributed by atoms with E-state index in [2.05, 4.69) is 6.07 Å². The molecule has 1 atom stereocenters. The van der Waals surface area contributed by atoms with E-state index in [1.54, 1.807) is 11.3 Å². The van der Waals surface area contributed by atoms with Gasteiger partial charge >= 0.3 is 0 Å². The van der Waals surface area contributed by atoms with Crippen LogP contribution in [-0.2, 0) is 0 Å². The van der Waals surface area contributed by atoms with Gasteiger partial charge in [-0.05, 0) is 43.5 Å². The van der Waals surface area contributed by atoms with Crippen molar-refractivity contribution in [3.8, 4) is 11.5 Å². The molecular weight excluding hydrogens is 348 g/mol. The molecule has 3 heterocycles. The van der Waals surface area contributed by atoms with Crippen LogP contribution in [-0.4, -0.2) is 29.1 Å². The second kappa shape index (κ2) is 6.29. The Hall–Kier alpha value is -2.60. The van der Waals surface area contributed by atoms with E-state index in [0.717, 1.165) is 41.0 Å². The van der Waals surface area contributed by atoms with Crippen molar-refractivity contribution in [1.29, 1.82) is 0 Å². The Morgan fingerprint density at radius 2 is 2.04 bits per heavy atom. The van der Waals surface area contributed by atoms with Crippen molar-refractivity contribution >= 4 is 27.5 Å². The van der Waals surface area contributed by atoms with Gasteiger partial charge in [-0.3, -0.25) is 4.79 Å². The quantitative estimate of drug-likeness (QED) is 0.675. The van der Waals surface area contributed by atoms with Crippen LogP contribution in [0.1, 0.15) is 40.7 Å². The fourth-order valence-electron chi connectivity index (χ4n) is 3.72. The van der Waals surface area contributed by atoms with Gasteiger partial charge in [-0.2, -0.15) is 0 Å². The number of aromatic nitrogens is 1. The highest BCUT2D eigenvalue weighted by atomic mass is 32.1. The minimum atomic E-state index is -0.00342. The molecule has 1 amide bonds. The van der Waals surface area contributed by atoms with Crippen LogP contribution >= 0.6 is 11.3 Å². The SMILES string of the molecule is O=C(c1cccc2c1OCO2)N1CCCCC1c1nc2ccccc2s1. The van der Waals surface area contributed by atoms with Crippen molar-refractivity contribution in [2.24, 2.45) is 0 Å². The van der Waals surface area contributed by atoms with Crippen molar-refractivity contribution in [2.75, 3.05) is 13.3 Å². The van der Waals surface area contributed by atoms with Gasteiger partial charge in [0.1, 0.15) is 5.01 Å². The zero-order chi connectivity index (χ0) is 17.5. The second-order valence-electron chi connectivity index (χ2n) is 6.57. The Kier molecular flexibility index (Phi) is 3.78. The topological polar surface area (TPSA) is 51.7 Å². The molecule has 0 N–H and O–H groups in total. The molecule has 5 nitrogen and oxygen atoms in total. The molecule has 2 aliphatic heterocycles. The van der Waals surface area contributed by atoms with Crippen LogP contribution in [0.25, 0.3) is 10.2 Å². The molecule has 5 rings (SSSR count). The Balaban J connectivity index is 1.52. The van der Waals surface area contributed by atoms with Gasteiger partial charge in [0.25, 0.3) is 5.91 Å². The first-order valence-corrected chi connectivity index (χ1v) is 9.68. The van der Waals surface area contributed by atoms with Gasteiger partial charge in [-0.15, -0.1) is 11.3 Å². The van der Waals surface area contributed by atoms with Gasteiger partial charge in [-0.1, -0.05) is 18.2 Å². The van der Waals surface area contributed by atoms with Crippen LogP contribution in [0.4, 0.5) is 0 Å². The van der Waals surface area contributed by atoms with Crippen LogP contribution in [0.3, 0.4) is 0 Å². The zero-order valence-corrected chi connectivity index (χ0v) is 15.0. The first-order chi connectivity index (χ1) is 12.8. The maximum absolute atomic E-state index is 13.3. The number of fused-ring (bicyclic) bond motifs is 2. The fraction of sp³-hybridized carbons (Fsp3) is 0.300. The Morgan fingerprint density at radius 3 is 2.96 bits per heavy atom. The van der Waals surface area contributed by atoms with E-state index in [1.165, 1.54) is 0 Å². The third-order valence-corrected chi connectivity index (χ3v) is 6.12. The lowest BCUT2D eigenvalue weighted by Crippen LogP contribution is -2.38. The van der Waals surface area contributed by atoms with Crippen molar-refractivity contribution in [3.05, 3.63) is 53.0 Å². The maximum Gasteiger partial charge on any atom is 0.258 e. The summed E-state index contributed by atoms with van der Waals surface area (Å²) in [4.78, 5) is 20.1. The minimum absolute atomic E-state index is 0.00342. The zero-order valence-electron chi connectivity index (χ0n) is 14.2. The average molecular weight is 366 g/mol. The Bertz CT molecular complexity index is 951. The summed E-state index contributed by atoms with van der Waals surface area (Å²) < 4.78 is 12.1. The smallest absolute Gasteiger partial charge is 0.258 e. The van der Waals surface area contributed by atoms with Crippen LogP contribution in [0, 0.1) is 0 Å². The summed E-state index contributed by atoms with van der Waals surface area (Å²) in [6, 6.07) is 13.7. The summed E-state index contributed by atoms with van der Waals surface area (Å²) in [5.74, 6) is 1.20. The number of carbonyl (C=O) groups is 1. The van der Waals surface area contributed by atoms with E-state index in [-0.39, 0.29) is 18.7 Å². The molecule has 2 aromatic carbocycles. The summed E-state index contributed by atoms with van der Waals surface area (Å²) in [5.41, 5.74) is 1.58. The Labute approximate surface area is 155 Å². The van der Waals surface area contributed by atoms with Crippen molar-refractivity contribution in [1.82, 2.24) is 9.88 Å². The van der Waals surface area contributed by atoms with Crippen LogP contribution in [0.5, 0.6) is 11.5 Å². The lowest BCUT2D eigenvalue weighted by Gasteiger charge is -2.34. The number of carbonyl (C=O) groups excluding carboxylic acids is 1. The van der Waals surface area contributed by atoms with Crippen LogP contribution < -0.4 is 9.47 Å². The molecule has 0 radical (unpaired) electrons. The summed E-state index contributed by atoms with van der Waals surface area (Å²) in [6.07, 6.45) is 3.06. The number of ether oxygens (including phenoxy) is 2. The lowest BCUT2D eigenvalue weighted by atomic mass is 10.0. The third kappa shape index (κ3) is 2.52. The summed E-state index contributed by atoms with van der Waals surface area (Å²) in [5, 5.41) is 1.02. The predicted octanol–water partition coefficient (Wildman–Crippen LogP) is 4.39. The number of para-hydroxylation sites is 2. The first-order valence-electron chi connectivity index (χ1n) is 8.86. The van der Waals surface area contributed by atoms with E-state index >= 15 is 0 Å². The number of hydrogen-bond donors (Lipinski definition) is 0. The molecule has 1 fully saturated rings. The summed E-state index contributed by atoms with van der Waals surface area (Å²) in [7, 11) is 0.